The van der Waals surface area contributed by atoms with Crippen LogP contribution in [0.4, 0.5) is 5.69 Å². The number of nitrogens with zero attached hydrogens (tertiary/aromatic N) is 3. The van der Waals surface area contributed by atoms with E-state index in [0.717, 1.165) is 47.7 Å². The van der Waals surface area contributed by atoms with E-state index in [1.165, 1.54) is 10.6 Å². The average molecular weight is 520 g/mol. The highest BCUT2D eigenvalue weighted by atomic mass is 127. The number of rotatable bonds is 5. The zero-order valence-corrected chi connectivity index (χ0v) is 19.9. The first-order valence-electron chi connectivity index (χ1n) is 9.03. The molecule has 1 unspecified atom stereocenters. The summed E-state index contributed by atoms with van der Waals surface area (Å²) in [6.45, 7) is 9.65. The molecular weight excluding hydrogens is 493 g/mol. The second-order valence-electron chi connectivity index (χ2n) is 6.50. The van der Waals surface area contributed by atoms with Gasteiger partial charge in [0.2, 0.25) is 0 Å². The number of guanidine groups is 1. The highest BCUT2D eigenvalue weighted by Gasteiger charge is 2.23. The zero-order valence-electron chi connectivity index (χ0n) is 16.0. The zero-order chi connectivity index (χ0) is 18.5. The molecule has 27 heavy (non-hydrogen) atoms. The van der Waals surface area contributed by atoms with Gasteiger partial charge in [-0.15, -0.1) is 35.3 Å². The van der Waals surface area contributed by atoms with Crippen LogP contribution in [-0.2, 0) is 6.54 Å². The highest BCUT2D eigenvalue weighted by Crippen LogP contribution is 2.23. The lowest BCUT2D eigenvalue weighted by atomic mass is 10.3. The first-order chi connectivity index (χ1) is 12.5. The minimum absolute atomic E-state index is 0. The predicted octanol–water partition coefficient (Wildman–Crippen LogP) is 4.37. The Bertz CT molecular complexity index is 760. The van der Waals surface area contributed by atoms with Gasteiger partial charge in [0.15, 0.2) is 5.96 Å². The van der Waals surface area contributed by atoms with Gasteiger partial charge in [0.25, 0.3) is 0 Å². The van der Waals surface area contributed by atoms with Crippen LogP contribution in [0.5, 0.6) is 0 Å². The standard InChI is InChI=1S/C19H26ClN5S.HI/c1-4-21-19(22-11-18-23-13(2)14(3)26-18)24-16-8-9-25(12-16)17-7-5-6-15(20)10-17;/h5-7,10,16H,4,8-9,11-12H2,1-3H3,(H2,21,22,24);1H. The smallest absolute Gasteiger partial charge is 0.191 e. The number of thiazole rings is 1. The molecule has 2 aromatic rings. The molecule has 8 heteroatoms. The van der Waals surface area contributed by atoms with Crippen molar-refractivity contribution in [1.82, 2.24) is 15.6 Å². The molecular formula is C19H27ClIN5S. The Balaban J connectivity index is 0.00000261. The largest absolute Gasteiger partial charge is 0.369 e. The Morgan fingerprint density at radius 1 is 1.41 bits per heavy atom. The molecule has 148 valence electrons. The fourth-order valence-corrected chi connectivity index (χ4v) is 4.10. The maximum absolute atomic E-state index is 6.12. The summed E-state index contributed by atoms with van der Waals surface area (Å²) >= 11 is 7.84. The highest BCUT2D eigenvalue weighted by molar-refractivity contribution is 14.0. The van der Waals surface area contributed by atoms with Crippen LogP contribution in [0.3, 0.4) is 0 Å². The van der Waals surface area contributed by atoms with Gasteiger partial charge in [-0.25, -0.2) is 9.98 Å². The van der Waals surface area contributed by atoms with Crippen molar-refractivity contribution < 1.29 is 0 Å². The van der Waals surface area contributed by atoms with Crippen LogP contribution in [0.1, 0.15) is 28.9 Å². The van der Waals surface area contributed by atoms with E-state index in [2.05, 4.69) is 40.4 Å². The number of anilines is 1. The summed E-state index contributed by atoms with van der Waals surface area (Å²) in [7, 11) is 0. The summed E-state index contributed by atoms with van der Waals surface area (Å²) in [5, 5.41) is 8.74. The molecule has 0 saturated carbocycles. The third kappa shape index (κ3) is 6.22. The SMILES string of the molecule is CCNC(=NCc1nc(C)c(C)s1)NC1CCN(c2cccc(Cl)c2)C1.I. The molecule has 2 heterocycles. The number of hydrogen-bond acceptors (Lipinski definition) is 4. The van der Waals surface area contributed by atoms with Gasteiger partial charge in [0.1, 0.15) is 5.01 Å². The lowest BCUT2D eigenvalue weighted by Crippen LogP contribution is -2.44. The molecule has 1 saturated heterocycles. The Labute approximate surface area is 187 Å². The minimum atomic E-state index is 0. The summed E-state index contributed by atoms with van der Waals surface area (Å²) in [6, 6.07) is 8.42. The molecule has 1 aromatic carbocycles. The predicted molar refractivity (Wildman–Crippen MR) is 127 cm³/mol. The Morgan fingerprint density at radius 2 is 2.22 bits per heavy atom. The molecule has 0 bridgehead atoms. The van der Waals surface area contributed by atoms with Crippen LogP contribution >= 0.6 is 46.9 Å². The van der Waals surface area contributed by atoms with Crippen LogP contribution in [0.15, 0.2) is 29.3 Å². The van der Waals surface area contributed by atoms with Gasteiger partial charge in [0, 0.05) is 41.3 Å². The molecule has 1 fully saturated rings. The molecule has 5 nitrogen and oxygen atoms in total. The van der Waals surface area contributed by atoms with Gasteiger partial charge in [-0.05, 0) is 45.4 Å². The van der Waals surface area contributed by atoms with E-state index in [-0.39, 0.29) is 24.0 Å². The van der Waals surface area contributed by atoms with Crippen molar-refractivity contribution in [2.75, 3.05) is 24.5 Å². The van der Waals surface area contributed by atoms with E-state index in [1.54, 1.807) is 11.3 Å². The summed E-state index contributed by atoms with van der Waals surface area (Å²) in [5.74, 6) is 0.857. The number of aromatic nitrogens is 1. The van der Waals surface area contributed by atoms with Crippen LogP contribution in [-0.4, -0.2) is 36.6 Å². The molecule has 0 radical (unpaired) electrons. The molecule has 1 aliphatic heterocycles. The monoisotopic (exact) mass is 519 g/mol. The normalized spacial score (nSPS) is 17.0. The number of halogens is 2. The third-order valence-corrected chi connectivity index (χ3v) is 5.78. The second-order valence-corrected chi connectivity index (χ2v) is 8.22. The van der Waals surface area contributed by atoms with E-state index >= 15 is 0 Å². The van der Waals surface area contributed by atoms with E-state index in [1.807, 2.05) is 25.1 Å². The summed E-state index contributed by atoms with van der Waals surface area (Å²) in [4.78, 5) is 12.9. The van der Waals surface area contributed by atoms with Gasteiger partial charge < -0.3 is 15.5 Å². The van der Waals surface area contributed by atoms with Crippen LogP contribution in [0.25, 0.3) is 0 Å². The molecule has 2 N–H and O–H groups in total. The van der Waals surface area contributed by atoms with Crippen LogP contribution in [0, 0.1) is 13.8 Å². The first-order valence-corrected chi connectivity index (χ1v) is 10.2. The molecule has 0 aliphatic carbocycles. The molecule has 1 atom stereocenters. The van der Waals surface area contributed by atoms with Crippen molar-refractivity contribution in [2.45, 2.75) is 39.8 Å². The Kier molecular flexibility index (Phi) is 8.62. The molecule has 3 rings (SSSR count). The van der Waals surface area contributed by atoms with Crippen LogP contribution in [0.2, 0.25) is 5.02 Å². The van der Waals surface area contributed by atoms with E-state index in [0.29, 0.717) is 12.6 Å². The summed E-state index contributed by atoms with van der Waals surface area (Å²) < 4.78 is 0. The van der Waals surface area contributed by atoms with Crippen molar-refractivity contribution in [2.24, 2.45) is 4.99 Å². The van der Waals surface area contributed by atoms with Crippen molar-refractivity contribution >= 4 is 58.6 Å². The van der Waals surface area contributed by atoms with Gasteiger partial charge in [-0.2, -0.15) is 0 Å². The summed E-state index contributed by atoms with van der Waals surface area (Å²) in [5.41, 5.74) is 2.28. The molecule has 1 aromatic heterocycles. The number of nitrogens with one attached hydrogen (secondary N) is 2. The van der Waals surface area contributed by atoms with Gasteiger partial charge in [-0.1, -0.05) is 17.7 Å². The minimum Gasteiger partial charge on any atom is -0.369 e. The number of hydrogen-bond donors (Lipinski definition) is 2. The first kappa shape index (κ1) is 22.2. The van der Waals surface area contributed by atoms with Crippen molar-refractivity contribution in [3.63, 3.8) is 0 Å². The molecule has 0 spiro atoms. The number of aliphatic imine (C=N–C) groups is 1. The Morgan fingerprint density at radius 3 is 2.89 bits per heavy atom. The van der Waals surface area contributed by atoms with Crippen molar-refractivity contribution in [3.05, 3.63) is 44.9 Å². The summed E-state index contributed by atoms with van der Waals surface area (Å²) in [6.07, 6.45) is 1.08. The van der Waals surface area contributed by atoms with E-state index in [9.17, 15) is 0 Å². The van der Waals surface area contributed by atoms with Gasteiger partial charge in [0.05, 0.1) is 12.2 Å². The van der Waals surface area contributed by atoms with Crippen LogP contribution < -0.4 is 15.5 Å². The lowest BCUT2D eigenvalue weighted by molar-refractivity contribution is 0.649. The maximum Gasteiger partial charge on any atom is 0.191 e. The number of aryl methyl sites for hydroxylation is 2. The number of benzene rings is 1. The second kappa shape index (κ2) is 10.5. The van der Waals surface area contributed by atoms with E-state index in [4.69, 9.17) is 16.6 Å². The van der Waals surface area contributed by atoms with Crippen molar-refractivity contribution in [3.8, 4) is 0 Å². The topological polar surface area (TPSA) is 52.6 Å². The molecule has 1 aliphatic rings. The lowest BCUT2D eigenvalue weighted by Gasteiger charge is -2.20. The Hall–Kier alpha value is -1.06. The van der Waals surface area contributed by atoms with Gasteiger partial charge >= 0.3 is 0 Å². The molecule has 0 amide bonds. The van der Waals surface area contributed by atoms with Gasteiger partial charge in [-0.3, -0.25) is 0 Å². The maximum atomic E-state index is 6.12. The fourth-order valence-electron chi connectivity index (χ4n) is 3.05. The average Bonchev–Trinajstić information content (AvgIpc) is 3.20. The quantitative estimate of drug-likeness (QED) is 0.350. The third-order valence-electron chi connectivity index (χ3n) is 4.49. The van der Waals surface area contributed by atoms with E-state index < -0.39 is 0 Å². The fraction of sp³-hybridized carbons (Fsp3) is 0.474. The van der Waals surface area contributed by atoms with Crippen molar-refractivity contribution in [1.29, 1.82) is 0 Å².